The Balaban J connectivity index is 1.65. The Kier molecular flexibility index (Phi) is 4.69. The Morgan fingerprint density at radius 1 is 1.29 bits per heavy atom. The van der Waals surface area contributed by atoms with Gasteiger partial charge in [0.1, 0.15) is 5.82 Å². The number of hydrogen-bond acceptors (Lipinski definition) is 3. The maximum atomic E-state index is 13.1. The molecular weight excluding hydrogens is 309 g/mol. The van der Waals surface area contributed by atoms with Crippen molar-refractivity contribution in [1.29, 1.82) is 0 Å². The molecule has 3 aromatic rings. The lowest BCUT2D eigenvalue weighted by molar-refractivity contribution is -0.120. The Morgan fingerprint density at radius 3 is 2.79 bits per heavy atom. The summed E-state index contributed by atoms with van der Waals surface area (Å²) < 4.78 is 13.1. The van der Waals surface area contributed by atoms with Gasteiger partial charge in [-0.1, -0.05) is 0 Å². The van der Waals surface area contributed by atoms with Crippen molar-refractivity contribution in [2.24, 2.45) is 0 Å². The van der Waals surface area contributed by atoms with Gasteiger partial charge in [-0.2, -0.15) is 5.10 Å². The van der Waals surface area contributed by atoms with Crippen LogP contribution in [0.15, 0.2) is 36.8 Å². The van der Waals surface area contributed by atoms with Crippen LogP contribution in [0, 0.1) is 12.7 Å². The second-order valence-electron chi connectivity index (χ2n) is 5.54. The number of rotatable bonds is 6. The smallest absolute Gasteiger partial charge is 0.224 e. The van der Waals surface area contributed by atoms with Gasteiger partial charge in [-0.05, 0) is 31.2 Å². The van der Waals surface area contributed by atoms with Crippen molar-refractivity contribution in [3.63, 3.8) is 0 Å². The van der Waals surface area contributed by atoms with Crippen LogP contribution in [0.4, 0.5) is 4.39 Å². The van der Waals surface area contributed by atoms with Crippen molar-refractivity contribution in [2.45, 2.75) is 19.8 Å². The summed E-state index contributed by atoms with van der Waals surface area (Å²) >= 11 is 0. The summed E-state index contributed by atoms with van der Waals surface area (Å²) in [7, 11) is 0. The second kappa shape index (κ2) is 7.08. The monoisotopic (exact) mass is 327 g/mol. The zero-order valence-electron chi connectivity index (χ0n) is 13.3. The fourth-order valence-electron chi connectivity index (χ4n) is 2.50. The maximum Gasteiger partial charge on any atom is 0.224 e. The molecule has 0 saturated carbocycles. The number of hydrogen-bond donors (Lipinski definition) is 3. The number of aromatic nitrogens is 4. The van der Waals surface area contributed by atoms with Crippen molar-refractivity contribution in [1.82, 2.24) is 25.5 Å². The van der Waals surface area contributed by atoms with Gasteiger partial charge >= 0.3 is 0 Å². The highest BCUT2D eigenvalue weighted by molar-refractivity contribution is 5.81. The van der Waals surface area contributed by atoms with Gasteiger partial charge in [-0.25, -0.2) is 9.37 Å². The fourth-order valence-corrected chi connectivity index (χ4v) is 2.50. The minimum Gasteiger partial charge on any atom is -0.355 e. The zero-order valence-corrected chi connectivity index (χ0v) is 13.3. The van der Waals surface area contributed by atoms with Crippen LogP contribution >= 0.6 is 0 Å². The van der Waals surface area contributed by atoms with E-state index in [-0.39, 0.29) is 18.1 Å². The minimum atomic E-state index is -0.302. The molecule has 0 aliphatic heterocycles. The van der Waals surface area contributed by atoms with Crippen molar-refractivity contribution in [3.05, 3.63) is 59.6 Å². The van der Waals surface area contributed by atoms with E-state index in [9.17, 15) is 9.18 Å². The molecule has 0 spiro atoms. The van der Waals surface area contributed by atoms with Gasteiger partial charge in [-0.3, -0.25) is 9.89 Å². The summed E-state index contributed by atoms with van der Waals surface area (Å²) in [6.07, 6.45) is 4.26. The SMILES string of the molecule is Cc1[nH]nc(-c2ccc(F)cc2)c1CC(=O)NCCc1cnc[nH]1. The first-order valence-corrected chi connectivity index (χ1v) is 7.67. The quantitative estimate of drug-likeness (QED) is 0.648. The number of benzene rings is 1. The van der Waals surface area contributed by atoms with E-state index >= 15 is 0 Å². The average Bonchev–Trinajstić information content (AvgIpc) is 3.20. The van der Waals surface area contributed by atoms with Crippen LogP contribution in [0.3, 0.4) is 0 Å². The number of nitrogens with zero attached hydrogens (tertiary/aromatic N) is 2. The molecule has 0 fully saturated rings. The largest absolute Gasteiger partial charge is 0.355 e. The van der Waals surface area contributed by atoms with E-state index in [1.165, 1.54) is 12.1 Å². The lowest BCUT2D eigenvalue weighted by Crippen LogP contribution is -2.27. The Bertz CT molecular complexity index is 808. The third-order valence-electron chi connectivity index (χ3n) is 3.80. The second-order valence-corrected chi connectivity index (χ2v) is 5.54. The van der Waals surface area contributed by atoms with Gasteiger partial charge < -0.3 is 10.3 Å². The third-order valence-corrected chi connectivity index (χ3v) is 3.80. The highest BCUT2D eigenvalue weighted by Crippen LogP contribution is 2.24. The molecular formula is C17H18FN5O. The number of aromatic amines is 2. The van der Waals surface area contributed by atoms with Crippen LogP contribution in [0.2, 0.25) is 0 Å². The topological polar surface area (TPSA) is 86.5 Å². The predicted molar refractivity (Wildman–Crippen MR) is 87.7 cm³/mol. The van der Waals surface area contributed by atoms with E-state index < -0.39 is 0 Å². The van der Waals surface area contributed by atoms with Crippen molar-refractivity contribution < 1.29 is 9.18 Å². The van der Waals surface area contributed by atoms with Crippen LogP contribution in [0.1, 0.15) is 17.0 Å². The van der Waals surface area contributed by atoms with E-state index in [0.29, 0.717) is 18.7 Å². The summed E-state index contributed by atoms with van der Waals surface area (Å²) in [4.78, 5) is 19.1. The molecule has 0 radical (unpaired) electrons. The highest BCUT2D eigenvalue weighted by Gasteiger charge is 2.15. The van der Waals surface area contributed by atoms with Gasteiger partial charge in [0.15, 0.2) is 0 Å². The van der Waals surface area contributed by atoms with E-state index in [2.05, 4.69) is 25.5 Å². The lowest BCUT2D eigenvalue weighted by atomic mass is 10.0. The molecule has 2 aromatic heterocycles. The van der Waals surface area contributed by atoms with Crippen LogP contribution in [-0.2, 0) is 17.6 Å². The minimum absolute atomic E-state index is 0.0811. The Hall–Kier alpha value is -2.96. The summed E-state index contributed by atoms with van der Waals surface area (Å²) in [5.74, 6) is -0.383. The molecule has 6 nitrogen and oxygen atoms in total. The van der Waals surface area contributed by atoms with Crippen LogP contribution < -0.4 is 5.32 Å². The van der Waals surface area contributed by atoms with Crippen molar-refractivity contribution >= 4 is 5.91 Å². The molecule has 0 bridgehead atoms. The van der Waals surface area contributed by atoms with E-state index in [1.54, 1.807) is 24.7 Å². The molecule has 3 N–H and O–H groups in total. The number of carbonyl (C=O) groups excluding carboxylic acids is 1. The molecule has 3 rings (SSSR count). The molecule has 24 heavy (non-hydrogen) atoms. The summed E-state index contributed by atoms with van der Waals surface area (Å²) in [5, 5.41) is 10.0. The summed E-state index contributed by atoms with van der Waals surface area (Å²) in [5.41, 5.74) is 4.08. The summed E-state index contributed by atoms with van der Waals surface area (Å²) in [6.45, 7) is 2.40. The number of imidazole rings is 1. The molecule has 0 unspecified atom stereocenters. The number of amides is 1. The van der Waals surface area contributed by atoms with Gasteiger partial charge in [0, 0.05) is 41.7 Å². The predicted octanol–water partition coefficient (Wildman–Crippen LogP) is 2.15. The number of H-pyrrole nitrogens is 2. The first-order valence-electron chi connectivity index (χ1n) is 7.67. The number of aryl methyl sites for hydroxylation is 1. The molecule has 1 aromatic carbocycles. The maximum absolute atomic E-state index is 13.1. The molecule has 0 atom stereocenters. The first-order chi connectivity index (χ1) is 11.6. The van der Waals surface area contributed by atoms with E-state index in [1.807, 2.05) is 6.92 Å². The first kappa shape index (κ1) is 15.9. The Labute approximate surface area is 138 Å². The normalized spacial score (nSPS) is 10.8. The van der Waals surface area contributed by atoms with Crippen molar-refractivity contribution in [3.8, 4) is 11.3 Å². The van der Waals surface area contributed by atoms with Gasteiger partial charge in [0.25, 0.3) is 0 Å². The molecule has 2 heterocycles. The zero-order chi connectivity index (χ0) is 16.9. The van der Waals surface area contributed by atoms with Crippen LogP contribution in [0.5, 0.6) is 0 Å². The molecule has 0 saturated heterocycles. The molecule has 0 aliphatic carbocycles. The summed E-state index contributed by atoms with van der Waals surface area (Å²) in [6, 6.07) is 6.08. The van der Waals surface area contributed by atoms with Crippen molar-refractivity contribution in [2.75, 3.05) is 6.54 Å². The van der Waals surface area contributed by atoms with Gasteiger partial charge in [-0.15, -0.1) is 0 Å². The van der Waals surface area contributed by atoms with Crippen LogP contribution in [-0.4, -0.2) is 32.6 Å². The molecule has 7 heteroatoms. The Morgan fingerprint density at radius 2 is 2.08 bits per heavy atom. The fraction of sp³-hybridized carbons (Fsp3) is 0.235. The number of carbonyl (C=O) groups is 1. The number of nitrogens with one attached hydrogen (secondary N) is 3. The molecule has 1 amide bonds. The number of halogens is 1. The van der Waals surface area contributed by atoms with Gasteiger partial charge in [0.05, 0.1) is 18.4 Å². The standard InChI is InChI=1S/C17H18FN5O/c1-11-15(8-16(24)20-7-6-14-9-19-10-21-14)17(23-22-11)12-2-4-13(18)5-3-12/h2-5,9-10H,6-8H2,1H3,(H,19,21)(H,20,24)(H,22,23). The molecule has 124 valence electrons. The van der Waals surface area contributed by atoms with E-state index in [4.69, 9.17) is 0 Å². The van der Waals surface area contributed by atoms with Crippen LogP contribution in [0.25, 0.3) is 11.3 Å². The van der Waals surface area contributed by atoms with E-state index in [0.717, 1.165) is 22.5 Å². The third kappa shape index (κ3) is 3.68. The average molecular weight is 327 g/mol. The van der Waals surface area contributed by atoms with Gasteiger partial charge in [0.2, 0.25) is 5.91 Å². The molecule has 0 aliphatic rings. The lowest BCUT2D eigenvalue weighted by Gasteiger charge is -2.06. The highest BCUT2D eigenvalue weighted by atomic mass is 19.1.